The second-order valence-corrected chi connectivity index (χ2v) is 7.25. The summed E-state index contributed by atoms with van der Waals surface area (Å²) in [6.45, 7) is 2.05. The summed E-state index contributed by atoms with van der Waals surface area (Å²) in [4.78, 5) is 49.0. The molecule has 0 aliphatic heterocycles. The van der Waals surface area contributed by atoms with Gasteiger partial charge < -0.3 is 45.3 Å². The Morgan fingerprint density at radius 3 is 2.21 bits per heavy atom. The maximum absolute atomic E-state index is 10.7. The van der Waals surface area contributed by atoms with Gasteiger partial charge in [-0.05, 0) is 6.92 Å². The quantitative estimate of drug-likeness (QED) is 0.217. The Kier molecular flexibility index (Phi) is 8.57. The van der Waals surface area contributed by atoms with E-state index >= 15 is 0 Å². The summed E-state index contributed by atoms with van der Waals surface area (Å²) >= 11 is 0. The van der Waals surface area contributed by atoms with E-state index in [0.29, 0.717) is 17.7 Å². The maximum Gasteiger partial charge on any atom is 0.350 e. The Hall–Kier alpha value is -2.68. The third-order valence-electron chi connectivity index (χ3n) is 3.22. The van der Waals surface area contributed by atoms with Crippen molar-refractivity contribution >= 4 is 36.5 Å². The number of aliphatic hydroxyl groups is 2. The average molecular weight is 437 g/mol. The molecule has 8 N–H and O–H groups in total. The van der Waals surface area contributed by atoms with Crippen molar-refractivity contribution in [2.75, 3.05) is 12.1 Å². The Bertz CT molecular complexity index is 881. The van der Waals surface area contributed by atoms with Gasteiger partial charge in [-0.3, -0.25) is 4.57 Å². The maximum atomic E-state index is 10.7. The third-order valence-corrected chi connectivity index (χ3v) is 3.70. The lowest BCUT2D eigenvalue weighted by atomic mass is 10.2. The first-order valence-corrected chi connectivity index (χ1v) is 9.52. The zero-order chi connectivity index (χ0) is 22.4. The topological polar surface area (TPSA) is 251 Å². The van der Waals surface area contributed by atoms with E-state index in [-0.39, 0.29) is 5.82 Å². The summed E-state index contributed by atoms with van der Waals surface area (Å²) in [5.41, 5.74) is 6.70. The molecule has 0 saturated carbocycles. The number of aliphatic hydroxyl groups excluding tert-OH is 2. The molecule has 2 aromatic rings. The SMILES string of the molecule is C[C@H](Cn1cnc2c(N)ncnc21)OCP(=O)(O)O.O=C(O)[C@H](O)[C@@H](O)C(=O)O. The Morgan fingerprint density at radius 1 is 1.17 bits per heavy atom. The van der Waals surface area contributed by atoms with Crippen LogP contribution < -0.4 is 5.73 Å². The number of carboxylic acid groups (broad SMARTS) is 2. The van der Waals surface area contributed by atoms with Crippen LogP contribution in [0.3, 0.4) is 0 Å². The largest absolute Gasteiger partial charge is 0.479 e. The number of hydrogen-bond acceptors (Lipinski definition) is 10. The highest BCUT2D eigenvalue weighted by Crippen LogP contribution is 2.34. The number of imidazole rings is 1. The molecule has 2 aromatic heterocycles. The second kappa shape index (κ2) is 10.2. The number of nitrogen functional groups attached to an aromatic ring is 1. The fourth-order valence-electron chi connectivity index (χ4n) is 1.86. The number of nitrogens with zero attached hydrogens (tertiary/aromatic N) is 4. The summed E-state index contributed by atoms with van der Waals surface area (Å²) in [7, 11) is -4.16. The molecule has 3 atom stereocenters. The molecule has 0 radical (unpaired) electrons. The number of hydrogen-bond donors (Lipinski definition) is 7. The van der Waals surface area contributed by atoms with E-state index in [0.717, 1.165) is 0 Å². The minimum atomic E-state index is -4.16. The molecule has 0 spiro atoms. The number of fused-ring (bicyclic) bond motifs is 1. The summed E-state index contributed by atoms with van der Waals surface area (Å²) in [5, 5.41) is 32.5. The van der Waals surface area contributed by atoms with Gasteiger partial charge in [-0.25, -0.2) is 24.5 Å². The molecule has 16 heteroatoms. The molecular weight excluding hydrogens is 417 g/mol. The van der Waals surface area contributed by atoms with E-state index in [2.05, 4.69) is 15.0 Å². The number of nitrogens with two attached hydrogens (primary N) is 1. The fourth-order valence-corrected chi connectivity index (χ4v) is 2.31. The van der Waals surface area contributed by atoms with E-state index in [9.17, 15) is 14.2 Å². The highest BCUT2D eigenvalue weighted by atomic mass is 31.2. The van der Waals surface area contributed by atoms with Gasteiger partial charge in [0.25, 0.3) is 0 Å². The molecule has 0 unspecified atom stereocenters. The first kappa shape index (κ1) is 24.4. The van der Waals surface area contributed by atoms with Crippen LogP contribution in [0.25, 0.3) is 11.2 Å². The van der Waals surface area contributed by atoms with Crippen LogP contribution in [0.1, 0.15) is 6.92 Å². The van der Waals surface area contributed by atoms with Crippen LogP contribution in [0.15, 0.2) is 12.7 Å². The van der Waals surface area contributed by atoms with Crippen molar-refractivity contribution in [2.24, 2.45) is 0 Å². The molecule has 0 fully saturated rings. The number of anilines is 1. The molecule has 15 nitrogen and oxygen atoms in total. The van der Waals surface area contributed by atoms with Gasteiger partial charge in [0.15, 0.2) is 23.7 Å². The van der Waals surface area contributed by atoms with Crippen molar-refractivity contribution in [3.8, 4) is 0 Å². The Balaban J connectivity index is 0.000000359. The smallest absolute Gasteiger partial charge is 0.350 e. The number of aromatic nitrogens is 4. The predicted octanol–water partition coefficient (Wildman–Crippen LogP) is -2.17. The van der Waals surface area contributed by atoms with E-state index < -0.39 is 44.2 Å². The summed E-state index contributed by atoms with van der Waals surface area (Å²) in [6.07, 6.45) is -2.68. The Morgan fingerprint density at radius 2 is 1.72 bits per heavy atom. The molecule has 0 aromatic carbocycles. The molecule has 0 bridgehead atoms. The molecule has 162 valence electrons. The molecule has 0 amide bonds. The number of carboxylic acids is 2. The zero-order valence-electron chi connectivity index (χ0n) is 14.9. The number of aliphatic carboxylic acids is 2. The predicted molar refractivity (Wildman–Crippen MR) is 94.5 cm³/mol. The standard InChI is InChI=1S/C9H14N5O4P.C4H6O6/c1-6(18-5-19(15,16)17)2-14-4-13-7-8(10)11-3-12-9(7)14;5-1(3(7)8)2(6)4(9)10/h3-4,6H,2,5H2,1H3,(H2,10,11,12)(H2,15,16,17);1-2,5-6H,(H,7,8)(H,9,10)/t6-;1-,2-/m11/s1. The molecule has 0 aliphatic carbocycles. The first-order chi connectivity index (χ1) is 13.3. The van der Waals surface area contributed by atoms with Crippen molar-refractivity contribution < 1.29 is 49.1 Å². The molecular formula is C13H20N5O10P. The molecule has 0 saturated heterocycles. The lowest BCUT2D eigenvalue weighted by Crippen LogP contribution is -2.39. The van der Waals surface area contributed by atoms with E-state index in [1.165, 1.54) is 12.7 Å². The normalized spacial score (nSPS) is 14.5. The van der Waals surface area contributed by atoms with Gasteiger partial charge in [0.05, 0.1) is 19.0 Å². The van der Waals surface area contributed by atoms with Gasteiger partial charge in [-0.15, -0.1) is 0 Å². The van der Waals surface area contributed by atoms with Crippen LogP contribution in [-0.4, -0.2) is 86.3 Å². The lowest BCUT2D eigenvalue weighted by Gasteiger charge is -2.14. The van der Waals surface area contributed by atoms with Gasteiger partial charge in [0.2, 0.25) is 0 Å². The number of ether oxygens (including phenoxy) is 1. The van der Waals surface area contributed by atoms with Crippen LogP contribution in [0.4, 0.5) is 5.82 Å². The van der Waals surface area contributed by atoms with Crippen LogP contribution in [0.5, 0.6) is 0 Å². The van der Waals surface area contributed by atoms with Crippen molar-refractivity contribution in [1.82, 2.24) is 19.5 Å². The van der Waals surface area contributed by atoms with Crippen molar-refractivity contribution in [3.05, 3.63) is 12.7 Å². The molecule has 0 aliphatic rings. The first-order valence-electron chi connectivity index (χ1n) is 7.72. The van der Waals surface area contributed by atoms with Gasteiger partial charge in [0, 0.05) is 0 Å². The van der Waals surface area contributed by atoms with E-state index in [4.69, 9.17) is 40.7 Å². The van der Waals surface area contributed by atoms with Crippen LogP contribution in [0.2, 0.25) is 0 Å². The van der Waals surface area contributed by atoms with Crippen molar-refractivity contribution in [1.29, 1.82) is 0 Å². The molecule has 29 heavy (non-hydrogen) atoms. The van der Waals surface area contributed by atoms with Crippen molar-refractivity contribution in [2.45, 2.75) is 31.8 Å². The minimum Gasteiger partial charge on any atom is -0.479 e. The fraction of sp³-hybridized carbons (Fsp3) is 0.462. The Labute approximate surface area is 162 Å². The minimum absolute atomic E-state index is 0.285. The average Bonchev–Trinajstić information content (AvgIpc) is 3.03. The van der Waals surface area contributed by atoms with Crippen LogP contribution >= 0.6 is 7.60 Å². The summed E-state index contributed by atoms with van der Waals surface area (Å²) in [6, 6.07) is 0. The highest BCUT2D eigenvalue weighted by molar-refractivity contribution is 7.51. The second-order valence-electron chi connectivity index (χ2n) is 5.67. The van der Waals surface area contributed by atoms with Crippen LogP contribution in [-0.2, 0) is 25.4 Å². The third kappa shape index (κ3) is 7.69. The van der Waals surface area contributed by atoms with E-state index in [1.807, 2.05) is 0 Å². The number of carbonyl (C=O) groups is 2. The summed E-state index contributed by atoms with van der Waals surface area (Å²) < 4.78 is 17.5. The number of rotatable bonds is 8. The lowest BCUT2D eigenvalue weighted by molar-refractivity contribution is -0.165. The zero-order valence-corrected chi connectivity index (χ0v) is 15.8. The highest BCUT2D eigenvalue weighted by Gasteiger charge is 2.29. The summed E-state index contributed by atoms with van der Waals surface area (Å²) in [5.74, 6) is -3.25. The van der Waals surface area contributed by atoms with Gasteiger partial charge in [-0.2, -0.15) is 0 Å². The van der Waals surface area contributed by atoms with Gasteiger partial charge in [0.1, 0.15) is 18.2 Å². The van der Waals surface area contributed by atoms with Gasteiger partial charge >= 0.3 is 19.5 Å². The van der Waals surface area contributed by atoms with Crippen LogP contribution in [0, 0.1) is 0 Å². The van der Waals surface area contributed by atoms with E-state index in [1.54, 1.807) is 11.5 Å². The molecule has 2 rings (SSSR count). The molecule has 2 heterocycles. The monoisotopic (exact) mass is 437 g/mol. The van der Waals surface area contributed by atoms with Gasteiger partial charge in [-0.1, -0.05) is 0 Å². The van der Waals surface area contributed by atoms with Crippen molar-refractivity contribution in [3.63, 3.8) is 0 Å².